The van der Waals surface area contributed by atoms with Gasteiger partial charge in [-0.2, -0.15) is 13.2 Å². The van der Waals surface area contributed by atoms with Crippen molar-refractivity contribution < 1.29 is 32.4 Å². The van der Waals surface area contributed by atoms with Crippen LogP contribution in [-0.2, 0) is 11.0 Å². The van der Waals surface area contributed by atoms with Crippen molar-refractivity contribution in [3.05, 3.63) is 58.1 Å². The quantitative estimate of drug-likeness (QED) is 0.372. The normalized spacial score (nSPS) is 10.9. The van der Waals surface area contributed by atoms with E-state index < -0.39 is 28.3 Å². The molecule has 0 aliphatic carbocycles. The van der Waals surface area contributed by atoms with Crippen LogP contribution in [0.15, 0.2) is 42.5 Å². The van der Waals surface area contributed by atoms with Crippen LogP contribution in [0.3, 0.4) is 0 Å². The van der Waals surface area contributed by atoms with Gasteiger partial charge in [0, 0.05) is 19.2 Å². The number of carbonyl (C=O) groups excluding carboxylic acids is 1. The second-order valence-corrected chi connectivity index (χ2v) is 5.73. The summed E-state index contributed by atoms with van der Waals surface area (Å²) >= 11 is 0. The molecule has 0 saturated carbocycles. The lowest BCUT2D eigenvalue weighted by atomic mass is 10.1. The first-order chi connectivity index (χ1) is 13.7. The summed E-state index contributed by atoms with van der Waals surface area (Å²) in [4.78, 5) is 21.9. The molecule has 0 saturated heterocycles. The van der Waals surface area contributed by atoms with Gasteiger partial charge in [0.05, 0.1) is 17.6 Å². The summed E-state index contributed by atoms with van der Waals surface area (Å²) in [5, 5.41) is 16.2. The minimum atomic E-state index is -4.68. The van der Waals surface area contributed by atoms with Gasteiger partial charge in [-0.05, 0) is 36.4 Å². The molecule has 0 unspecified atom stereocenters. The van der Waals surface area contributed by atoms with E-state index in [1.54, 1.807) is 24.3 Å². The first-order valence-electron chi connectivity index (χ1n) is 8.34. The molecule has 156 valence electrons. The molecule has 0 atom stereocenters. The van der Waals surface area contributed by atoms with Crippen LogP contribution in [0, 0.1) is 10.1 Å². The Morgan fingerprint density at radius 2 is 1.76 bits per heavy atom. The maximum atomic E-state index is 12.7. The number of rotatable bonds is 9. The Hall–Kier alpha value is -3.50. The number of hydrogen-bond donors (Lipinski definition) is 2. The van der Waals surface area contributed by atoms with E-state index in [9.17, 15) is 28.1 Å². The molecule has 11 heteroatoms. The second-order valence-electron chi connectivity index (χ2n) is 5.73. The van der Waals surface area contributed by atoms with Crippen LogP contribution < -0.4 is 20.1 Å². The highest BCUT2D eigenvalue weighted by atomic mass is 19.4. The third-order valence-electron chi connectivity index (χ3n) is 3.71. The summed E-state index contributed by atoms with van der Waals surface area (Å²) in [7, 11) is 1.52. The fourth-order valence-electron chi connectivity index (χ4n) is 2.28. The first-order valence-corrected chi connectivity index (χ1v) is 8.34. The Labute approximate surface area is 163 Å². The van der Waals surface area contributed by atoms with Gasteiger partial charge in [-0.15, -0.1) is 0 Å². The zero-order valence-electron chi connectivity index (χ0n) is 15.3. The van der Waals surface area contributed by atoms with Crippen molar-refractivity contribution in [3.63, 3.8) is 0 Å². The van der Waals surface area contributed by atoms with Gasteiger partial charge in [-0.25, -0.2) is 0 Å². The minimum absolute atomic E-state index is 0.0699. The Bertz CT molecular complexity index is 857. The molecule has 2 aromatic rings. The van der Waals surface area contributed by atoms with Crippen LogP contribution in [0.4, 0.5) is 24.5 Å². The van der Waals surface area contributed by atoms with Crippen LogP contribution in [-0.4, -0.2) is 37.6 Å². The summed E-state index contributed by atoms with van der Waals surface area (Å²) < 4.78 is 48.3. The number of amides is 1. The van der Waals surface area contributed by atoms with Crippen LogP contribution in [0.1, 0.15) is 5.56 Å². The lowest BCUT2D eigenvalue weighted by molar-refractivity contribution is -0.384. The summed E-state index contributed by atoms with van der Waals surface area (Å²) in [6, 6.07) is 8.81. The average molecular weight is 413 g/mol. The molecule has 2 N–H and O–H groups in total. The second kappa shape index (κ2) is 9.62. The molecule has 29 heavy (non-hydrogen) atoms. The smallest absolute Gasteiger partial charge is 0.416 e. The van der Waals surface area contributed by atoms with Crippen molar-refractivity contribution in [1.29, 1.82) is 0 Å². The van der Waals surface area contributed by atoms with E-state index in [-0.39, 0.29) is 25.4 Å². The molecule has 0 bridgehead atoms. The van der Waals surface area contributed by atoms with Gasteiger partial charge in [-0.3, -0.25) is 14.9 Å². The number of hydrogen-bond acceptors (Lipinski definition) is 6. The lowest BCUT2D eigenvalue weighted by Crippen LogP contribution is -2.32. The number of nitro benzene ring substituents is 1. The molecule has 0 spiro atoms. The van der Waals surface area contributed by atoms with Gasteiger partial charge in [0.1, 0.15) is 17.2 Å². The highest BCUT2D eigenvalue weighted by Gasteiger charge is 2.32. The van der Waals surface area contributed by atoms with Crippen molar-refractivity contribution in [3.8, 4) is 11.5 Å². The summed E-state index contributed by atoms with van der Waals surface area (Å²) in [6.07, 6.45) is -4.68. The standard InChI is InChI=1S/C18H18F3N3O5/c1-28-13-3-5-14(6-4-13)29-11-17(25)23-9-8-22-15-7-2-12(18(19,20)21)10-16(15)24(26)27/h2-7,10,22H,8-9,11H2,1H3,(H,23,25). The Kier molecular flexibility index (Phi) is 7.23. The molecular weight excluding hydrogens is 395 g/mol. The van der Waals surface area contributed by atoms with Gasteiger partial charge in [0.25, 0.3) is 11.6 Å². The van der Waals surface area contributed by atoms with Crippen LogP contribution in [0.2, 0.25) is 0 Å². The molecular formula is C18H18F3N3O5. The largest absolute Gasteiger partial charge is 0.497 e. The number of ether oxygens (including phenoxy) is 2. The predicted molar refractivity (Wildman–Crippen MR) is 98.1 cm³/mol. The fourth-order valence-corrected chi connectivity index (χ4v) is 2.28. The SMILES string of the molecule is COc1ccc(OCC(=O)NCCNc2ccc(C(F)(F)F)cc2[N+](=O)[O-])cc1. The van der Waals surface area contributed by atoms with Gasteiger partial charge in [-0.1, -0.05) is 0 Å². The van der Waals surface area contributed by atoms with E-state index in [1.807, 2.05) is 0 Å². The number of benzene rings is 2. The summed E-state index contributed by atoms with van der Waals surface area (Å²) in [6.45, 7) is -0.0871. The number of nitrogens with one attached hydrogen (secondary N) is 2. The number of carbonyl (C=O) groups is 1. The number of halogens is 3. The molecule has 1 amide bonds. The van der Waals surface area contributed by atoms with E-state index in [1.165, 1.54) is 7.11 Å². The summed E-state index contributed by atoms with van der Waals surface area (Å²) in [5.41, 5.74) is -1.89. The molecule has 0 aliphatic heterocycles. The van der Waals surface area contributed by atoms with E-state index in [2.05, 4.69) is 10.6 Å². The third kappa shape index (κ3) is 6.55. The third-order valence-corrected chi connectivity index (χ3v) is 3.71. The molecule has 0 heterocycles. The number of anilines is 1. The number of methoxy groups -OCH3 is 1. The van der Waals surface area contributed by atoms with Crippen LogP contribution >= 0.6 is 0 Å². The maximum Gasteiger partial charge on any atom is 0.416 e. The number of nitrogens with zero attached hydrogens (tertiary/aromatic N) is 1. The molecule has 0 radical (unpaired) electrons. The zero-order valence-corrected chi connectivity index (χ0v) is 15.3. The van der Waals surface area contributed by atoms with Crippen LogP contribution in [0.25, 0.3) is 0 Å². The average Bonchev–Trinajstić information content (AvgIpc) is 2.69. The Morgan fingerprint density at radius 3 is 2.34 bits per heavy atom. The van der Waals surface area contributed by atoms with Gasteiger partial charge in [0.15, 0.2) is 6.61 Å². The van der Waals surface area contributed by atoms with Crippen molar-refractivity contribution in [2.75, 3.05) is 32.1 Å². The molecule has 8 nitrogen and oxygen atoms in total. The van der Waals surface area contributed by atoms with Crippen molar-refractivity contribution in [2.45, 2.75) is 6.18 Å². The van der Waals surface area contributed by atoms with Gasteiger partial charge in [0.2, 0.25) is 0 Å². The van der Waals surface area contributed by atoms with E-state index in [4.69, 9.17) is 9.47 Å². The Balaban J connectivity index is 1.80. The topological polar surface area (TPSA) is 103 Å². The lowest BCUT2D eigenvalue weighted by Gasteiger charge is -2.11. The van der Waals surface area contributed by atoms with Crippen molar-refractivity contribution >= 4 is 17.3 Å². The molecule has 0 aliphatic rings. The molecule has 2 aromatic carbocycles. The van der Waals surface area contributed by atoms with Gasteiger partial charge >= 0.3 is 6.18 Å². The summed E-state index contributed by atoms with van der Waals surface area (Å²) in [5.74, 6) is 0.689. The van der Waals surface area contributed by atoms with E-state index >= 15 is 0 Å². The first kappa shape index (κ1) is 21.8. The van der Waals surface area contributed by atoms with E-state index in [0.29, 0.717) is 17.6 Å². The molecule has 0 aromatic heterocycles. The van der Waals surface area contributed by atoms with Gasteiger partial charge < -0.3 is 20.1 Å². The van der Waals surface area contributed by atoms with Crippen LogP contribution in [0.5, 0.6) is 11.5 Å². The molecule has 0 fully saturated rings. The molecule has 2 rings (SSSR count). The monoisotopic (exact) mass is 413 g/mol. The minimum Gasteiger partial charge on any atom is -0.497 e. The van der Waals surface area contributed by atoms with E-state index in [0.717, 1.165) is 12.1 Å². The highest BCUT2D eigenvalue weighted by Crippen LogP contribution is 2.34. The number of alkyl halides is 3. The predicted octanol–water partition coefficient (Wildman–Crippen LogP) is 3.23. The number of nitro groups is 1. The highest BCUT2D eigenvalue weighted by molar-refractivity contribution is 5.77. The fraction of sp³-hybridized carbons (Fsp3) is 0.278. The van der Waals surface area contributed by atoms with Crippen molar-refractivity contribution in [2.24, 2.45) is 0 Å². The van der Waals surface area contributed by atoms with Crippen molar-refractivity contribution in [1.82, 2.24) is 5.32 Å². The zero-order chi connectivity index (χ0) is 21.4. The Morgan fingerprint density at radius 1 is 1.10 bits per heavy atom. The maximum absolute atomic E-state index is 12.7.